The topological polar surface area (TPSA) is 62.3 Å². The minimum absolute atomic E-state index is 0.404. The molecule has 1 heterocycles. The van der Waals surface area contributed by atoms with E-state index in [1.165, 1.54) is 0 Å². The highest BCUT2D eigenvalue weighted by Crippen LogP contribution is 2.05. The summed E-state index contributed by atoms with van der Waals surface area (Å²) in [4.78, 5) is 29.7. The van der Waals surface area contributed by atoms with E-state index in [0.29, 0.717) is 18.9 Å². The Morgan fingerprint density at radius 1 is 1.20 bits per heavy atom. The number of carbonyl (C=O) groups is 2. The Labute approximate surface area is 120 Å². The first-order chi connectivity index (χ1) is 9.58. The number of aryl methyl sites for hydroxylation is 1. The average Bonchev–Trinajstić information content (AvgIpc) is 2.45. The first kappa shape index (κ1) is 16.1. The van der Waals surface area contributed by atoms with Gasteiger partial charge in [-0.05, 0) is 31.4 Å². The highest BCUT2D eigenvalue weighted by molar-refractivity contribution is 6.39. The Kier molecular flexibility index (Phi) is 6.70. The van der Waals surface area contributed by atoms with Crippen LogP contribution in [-0.2, 0) is 9.59 Å². The summed E-state index contributed by atoms with van der Waals surface area (Å²) in [5, 5.41) is 2.54. The molecule has 0 saturated carbocycles. The molecule has 5 nitrogen and oxygen atoms in total. The molecule has 1 aromatic rings. The van der Waals surface area contributed by atoms with Crippen LogP contribution in [0.1, 0.15) is 38.7 Å². The van der Waals surface area contributed by atoms with Crippen LogP contribution in [0.2, 0.25) is 0 Å². The fraction of sp³-hybridized carbons (Fsp3) is 0.533. The monoisotopic (exact) mass is 277 g/mol. The number of pyridine rings is 1. The van der Waals surface area contributed by atoms with Gasteiger partial charge in [0.1, 0.15) is 5.82 Å². The molecular weight excluding hydrogens is 254 g/mol. The lowest BCUT2D eigenvalue weighted by molar-refractivity contribution is -0.143. The molecule has 0 atom stereocenters. The summed E-state index contributed by atoms with van der Waals surface area (Å²) in [5.41, 5.74) is 1.00. The van der Waals surface area contributed by atoms with Gasteiger partial charge in [0.05, 0.1) is 0 Å². The van der Waals surface area contributed by atoms with Crippen molar-refractivity contribution in [3.63, 3.8) is 0 Å². The Morgan fingerprint density at radius 3 is 2.50 bits per heavy atom. The zero-order valence-electron chi connectivity index (χ0n) is 12.5. The van der Waals surface area contributed by atoms with Crippen LogP contribution in [-0.4, -0.2) is 34.8 Å². The molecule has 0 aliphatic rings. The van der Waals surface area contributed by atoms with Crippen LogP contribution in [0.25, 0.3) is 0 Å². The number of hydrogen-bond donors (Lipinski definition) is 1. The van der Waals surface area contributed by atoms with Crippen LogP contribution in [0.5, 0.6) is 0 Å². The fourth-order valence-electron chi connectivity index (χ4n) is 1.79. The number of hydrogen-bond acceptors (Lipinski definition) is 3. The summed E-state index contributed by atoms with van der Waals surface area (Å²) in [5.74, 6) is -0.700. The quantitative estimate of drug-likeness (QED) is 0.812. The van der Waals surface area contributed by atoms with E-state index in [1.807, 2.05) is 19.9 Å². The van der Waals surface area contributed by atoms with Crippen molar-refractivity contribution < 1.29 is 9.59 Å². The van der Waals surface area contributed by atoms with E-state index < -0.39 is 11.8 Å². The molecule has 0 fully saturated rings. The molecule has 0 radical (unpaired) electrons. The highest BCUT2D eigenvalue weighted by atomic mass is 16.2. The number of amides is 2. The molecule has 110 valence electrons. The third-order valence-corrected chi connectivity index (χ3v) is 2.91. The summed E-state index contributed by atoms with van der Waals surface area (Å²) in [7, 11) is 0. The SMILES string of the molecule is CCCCN(CCC)C(=O)C(=O)Nc1ccc(C)cn1. The standard InChI is InChI=1S/C15H23N3O2/c1-4-6-10-18(9-5-2)15(20)14(19)17-13-8-7-12(3)11-16-13/h7-8,11H,4-6,9-10H2,1-3H3,(H,16,17,19). The molecule has 0 unspecified atom stereocenters. The number of nitrogens with zero attached hydrogens (tertiary/aromatic N) is 2. The molecule has 2 amide bonds. The molecule has 5 heteroatoms. The van der Waals surface area contributed by atoms with E-state index in [1.54, 1.807) is 17.2 Å². The fourth-order valence-corrected chi connectivity index (χ4v) is 1.79. The predicted molar refractivity (Wildman–Crippen MR) is 79.4 cm³/mol. The maximum atomic E-state index is 12.1. The summed E-state index contributed by atoms with van der Waals surface area (Å²) in [6.45, 7) is 7.19. The zero-order chi connectivity index (χ0) is 15.0. The van der Waals surface area contributed by atoms with E-state index in [9.17, 15) is 9.59 Å². The van der Waals surface area contributed by atoms with Crippen LogP contribution >= 0.6 is 0 Å². The van der Waals surface area contributed by atoms with Gasteiger partial charge in [-0.1, -0.05) is 26.3 Å². The molecule has 1 N–H and O–H groups in total. The van der Waals surface area contributed by atoms with Crippen LogP contribution in [0.15, 0.2) is 18.3 Å². The van der Waals surface area contributed by atoms with E-state index >= 15 is 0 Å². The summed E-state index contributed by atoms with van der Waals surface area (Å²) in [6.07, 6.45) is 4.39. The first-order valence-electron chi connectivity index (χ1n) is 7.11. The van der Waals surface area contributed by atoms with Crippen molar-refractivity contribution in [2.45, 2.75) is 40.0 Å². The second-order valence-corrected chi connectivity index (χ2v) is 4.82. The number of unbranched alkanes of at least 4 members (excludes halogenated alkanes) is 1. The molecule has 1 rings (SSSR count). The molecule has 0 spiro atoms. The van der Waals surface area contributed by atoms with Gasteiger partial charge in [-0.2, -0.15) is 0 Å². The first-order valence-corrected chi connectivity index (χ1v) is 7.11. The van der Waals surface area contributed by atoms with E-state index in [2.05, 4.69) is 17.2 Å². The molecular formula is C15H23N3O2. The van der Waals surface area contributed by atoms with Crippen LogP contribution in [0.3, 0.4) is 0 Å². The maximum Gasteiger partial charge on any atom is 0.315 e. The van der Waals surface area contributed by atoms with Gasteiger partial charge in [-0.3, -0.25) is 9.59 Å². The number of anilines is 1. The van der Waals surface area contributed by atoms with Crippen molar-refractivity contribution >= 4 is 17.6 Å². The maximum absolute atomic E-state index is 12.1. The Balaban J connectivity index is 2.63. The van der Waals surface area contributed by atoms with Gasteiger partial charge in [0.2, 0.25) is 0 Å². The molecule has 1 aromatic heterocycles. The number of rotatable bonds is 6. The molecule has 0 bridgehead atoms. The molecule has 20 heavy (non-hydrogen) atoms. The van der Waals surface area contributed by atoms with Crippen molar-refractivity contribution in [1.82, 2.24) is 9.88 Å². The van der Waals surface area contributed by atoms with Gasteiger partial charge in [0.15, 0.2) is 0 Å². The third kappa shape index (κ3) is 4.99. The Bertz CT molecular complexity index is 443. The lowest BCUT2D eigenvalue weighted by Gasteiger charge is -2.21. The minimum Gasteiger partial charge on any atom is -0.334 e. The molecule has 0 saturated heterocycles. The summed E-state index contributed by atoms with van der Waals surface area (Å²) >= 11 is 0. The normalized spacial score (nSPS) is 10.2. The van der Waals surface area contributed by atoms with E-state index in [0.717, 1.165) is 24.8 Å². The second kappa shape index (κ2) is 8.30. The van der Waals surface area contributed by atoms with Gasteiger partial charge in [0, 0.05) is 19.3 Å². The van der Waals surface area contributed by atoms with Crippen LogP contribution in [0.4, 0.5) is 5.82 Å². The number of nitrogens with one attached hydrogen (secondary N) is 1. The third-order valence-electron chi connectivity index (χ3n) is 2.91. The molecule has 0 aliphatic carbocycles. The predicted octanol–water partition coefficient (Wildman–Crippen LogP) is 2.37. The van der Waals surface area contributed by atoms with Gasteiger partial charge in [-0.15, -0.1) is 0 Å². The highest BCUT2D eigenvalue weighted by Gasteiger charge is 2.21. The smallest absolute Gasteiger partial charge is 0.315 e. The number of aromatic nitrogens is 1. The summed E-state index contributed by atoms with van der Waals surface area (Å²) < 4.78 is 0. The minimum atomic E-state index is -0.620. The van der Waals surface area contributed by atoms with Crippen LogP contribution < -0.4 is 5.32 Å². The second-order valence-electron chi connectivity index (χ2n) is 4.82. The van der Waals surface area contributed by atoms with E-state index in [-0.39, 0.29) is 0 Å². The van der Waals surface area contributed by atoms with Crippen molar-refractivity contribution in [1.29, 1.82) is 0 Å². The Hall–Kier alpha value is -1.91. The molecule has 0 aliphatic heterocycles. The molecule has 0 aromatic carbocycles. The van der Waals surface area contributed by atoms with Gasteiger partial charge >= 0.3 is 11.8 Å². The van der Waals surface area contributed by atoms with Gasteiger partial charge in [-0.25, -0.2) is 4.98 Å². The van der Waals surface area contributed by atoms with Crippen molar-refractivity contribution in [3.05, 3.63) is 23.9 Å². The lowest BCUT2D eigenvalue weighted by Crippen LogP contribution is -2.40. The van der Waals surface area contributed by atoms with Gasteiger partial charge < -0.3 is 10.2 Å². The summed E-state index contributed by atoms with van der Waals surface area (Å²) in [6, 6.07) is 3.53. The largest absolute Gasteiger partial charge is 0.334 e. The zero-order valence-corrected chi connectivity index (χ0v) is 12.5. The van der Waals surface area contributed by atoms with Crippen molar-refractivity contribution in [3.8, 4) is 0 Å². The number of carbonyl (C=O) groups excluding carboxylic acids is 2. The van der Waals surface area contributed by atoms with Gasteiger partial charge in [0.25, 0.3) is 0 Å². The van der Waals surface area contributed by atoms with Crippen LogP contribution in [0, 0.1) is 6.92 Å². The average molecular weight is 277 g/mol. The van der Waals surface area contributed by atoms with E-state index in [4.69, 9.17) is 0 Å². The Morgan fingerprint density at radius 2 is 1.95 bits per heavy atom. The lowest BCUT2D eigenvalue weighted by atomic mass is 10.3. The van der Waals surface area contributed by atoms with Crippen molar-refractivity contribution in [2.24, 2.45) is 0 Å². The van der Waals surface area contributed by atoms with Crippen molar-refractivity contribution in [2.75, 3.05) is 18.4 Å².